The van der Waals surface area contributed by atoms with E-state index in [0.29, 0.717) is 6.54 Å². The molecular weight excluding hydrogens is 278 g/mol. The highest BCUT2D eigenvalue weighted by atomic mass is 16.5. The summed E-state index contributed by atoms with van der Waals surface area (Å²) in [6, 6.07) is 10.2. The fourth-order valence-corrected chi connectivity index (χ4v) is 3.15. The Morgan fingerprint density at radius 2 is 2.23 bits per heavy atom. The number of rotatable bonds is 5. The van der Waals surface area contributed by atoms with Crippen LogP contribution in [0.3, 0.4) is 0 Å². The molecule has 1 saturated heterocycles. The molecule has 1 aromatic heterocycles. The third-order valence-electron chi connectivity index (χ3n) is 4.25. The Morgan fingerprint density at radius 1 is 1.36 bits per heavy atom. The van der Waals surface area contributed by atoms with Crippen LogP contribution in [0.5, 0.6) is 5.75 Å². The van der Waals surface area contributed by atoms with Crippen molar-refractivity contribution in [3.8, 4) is 5.75 Å². The van der Waals surface area contributed by atoms with E-state index in [1.807, 2.05) is 19.1 Å². The number of β-amino-alcohol motifs (C(OH)–C–C–N with tert-alkyl or cyclic N) is 1. The van der Waals surface area contributed by atoms with Crippen molar-refractivity contribution in [3.63, 3.8) is 0 Å². The van der Waals surface area contributed by atoms with Crippen molar-refractivity contribution in [1.29, 1.82) is 0 Å². The summed E-state index contributed by atoms with van der Waals surface area (Å²) in [5.74, 6) is 1.12. The molecule has 1 fully saturated rings. The summed E-state index contributed by atoms with van der Waals surface area (Å²) in [4.78, 5) is 2.30. The van der Waals surface area contributed by atoms with Crippen molar-refractivity contribution < 1.29 is 9.84 Å². The van der Waals surface area contributed by atoms with Gasteiger partial charge < -0.3 is 9.84 Å². The Bertz CT molecular complexity index is 626. The van der Waals surface area contributed by atoms with E-state index in [-0.39, 0.29) is 12.0 Å². The van der Waals surface area contributed by atoms with Gasteiger partial charge in [-0.15, -0.1) is 0 Å². The zero-order chi connectivity index (χ0) is 15.5. The fraction of sp³-hybridized carbons (Fsp3) is 0.471. The summed E-state index contributed by atoms with van der Waals surface area (Å²) in [5, 5.41) is 17.5. The van der Waals surface area contributed by atoms with Crippen molar-refractivity contribution >= 4 is 0 Å². The number of ether oxygens (including phenoxy) is 1. The second-order valence-corrected chi connectivity index (χ2v) is 6.12. The lowest BCUT2D eigenvalue weighted by atomic mass is 10.0. The molecule has 2 heterocycles. The van der Waals surface area contributed by atoms with Gasteiger partial charge in [0, 0.05) is 31.2 Å². The number of likely N-dealkylation sites (tertiary alicyclic amines) is 1. The molecule has 2 unspecified atom stereocenters. The van der Waals surface area contributed by atoms with Crippen molar-refractivity contribution in [2.45, 2.75) is 26.0 Å². The maximum atomic E-state index is 10.3. The van der Waals surface area contributed by atoms with E-state index in [9.17, 15) is 5.11 Å². The molecule has 0 amide bonds. The molecular formula is C17H23N3O2. The number of H-pyrrole nitrogens is 1. The van der Waals surface area contributed by atoms with Crippen LogP contribution < -0.4 is 4.74 Å². The third-order valence-corrected chi connectivity index (χ3v) is 4.25. The van der Waals surface area contributed by atoms with Gasteiger partial charge >= 0.3 is 0 Å². The van der Waals surface area contributed by atoms with Gasteiger partial charge in [-0.1, -0.05) is 12.1 Å². The molecule has 118 valence electrons. The Labute approximate surface area is 130 Å². The average molecular weight is 301 g/mol. The third kappa shape index (κ3) is 3.48. The highest BCUT2D eigenvalue weighted by molar-refractivity contribution is 5.28. The first-order valence-corrected chi connectivity index (χ1v) is 7.68. The van der Waals surface area contributed by atoms with Gasteiger partial charge in [0.15, 0.2) is 0 Å². The van der Waals surface area contributed by atoms with Crippen LogP contribution in [-0.2, 0) is 13.0 Å². The van der Waals surface area contributed by atoms with Gasteiger partial charge in [0.25, 0.3) is 0 Å². The van der Waals surface area contributed by atoms with E-state index in [4.69, 9.17) is 4.74 Å². The standard InChI is InChI=1S/C17H23N3O2/c1-12-6-15(19-18-12)8-14-10-20(11-17(14)21)9-13-4-3-5-16(7-13)22-2/h3-7,14,17,21H,8-11H2,1-2H3,(H,18,19). The average Bonchev–Trinajstić information content (AvgIpc) is 3.06. The molecule has 0 saturated carbocycles. The summed E-state index contributed by atoms with van der Waals surface area (Å²) in [7, 11) is 1.68. The smallest absolute Gasteiger partial charge is 0.119 e. The lowest BCUT2D eigenvalue weighted by molar-refractivity contribution is 0.140. The Hall–Kier alpha value is -1.85. The number of hydrogen-bond acceptors (Lipinski definition) is 4. The predicted octanol–water partition coefficient (Wildman–Crippen LogP) is 1.76. The minimum Gasteiger partial charge on any atom is -0.497 e. The molecule has 22 heavy (non-hydrogen) atoms. The number of benzene rings is 1. The Balaban J connectivity index is 1.60. The normalized spacial score (nSPS) is 22.1. The fourth-order valence-electron chi connectivity index (χ4n) is 3.15. The zero-order valence-corrected chi connectivity index (χ0v) is 13.1. The number of nitrogens with zero attached hydrogens (tertiary/aromatic N) is 2. The second kappa shape index (κ2) is 6.50. The summed E-state index contributed by atoms with van der Waals surface area (Å²) in [5.41, 5.74) is 3.31. The summed E-state index contributed by atoms with van der Waals surface area (Å²) in [6.45, 7) is 4.44. The highest BCUT2D eigenvalue weighted by Gasteiger charge is 2.31. The molecule has 1 aromatic carbocycles. The lowest BCUT2D eigenvalue weighted by Crippen LogP contribution is -2.21. The largest absolute Gasteiger partial charge is 0.497 e. The first-order chi connectivity index (χ1) is 10.6. The molecule has 3 rings (SSSR count). The lowest BCUT2D eigenvalue weighted by Gasteiger charge is -2.15. The van der Waals surface area contributed by atoms with E-state index in [1.165, 1.54) is 5.56 Å². The number of aliphatic hydroxyl groups is 1. The van der Waals surface area contributed by atoms with Crippen LogP contribution in [0.4, 0.5) is 0 Å². The van der Waals surface area contributed by atoms with Gasteiger partial charge in [-0.25, -0.2) is 0 Å². The number of hydrogen-bond donors (Lipinski definition) is 2. The molecule has 2 N–H and O–H groups in total. The van der Waals surface area contributed by atoms with Crippen LogP contribution in [-0.4, -0.2) is 46.5 Å². The van der Waals surface area contributed by atoms with Crippen molar-refractivity contribution in [1.82, 2.24) is 15.1 Å². The van der Waals surface area contributed by atoms with Crippen LogP contribution in [0.15, 0.2) is 30.3 Å². The molecule has 0 aliphatic carbocycles. The van der Waals surface area contributed by atoms with Gasteiger partial charge in [-0.3, -0.25) is 10.00 Å². The van der Waals surface area contributed by atoms with Gasteiger partial charge in [0.2, 0.25) is 0 Å². The van der Waals surface area contributed by atoms with E-state index in [1.54, 1.807) is 7.11 Å². The second-order valence-electron chi connectivity index (χ2n) is 6.12. The minimum atomic E-state index is -0.289. The maximum Gasteiger partial charge on any atom is 0.119 e. The summed E-state index contributed by atoms with van der Waals surface area (Å²) in [6.07, 6.45) is 0.530. The van der Waals surface area contributed by atoms with Crippen molar-refractivity contribution in [3.05, 3.63) is 47.3 Å². The molecule has 1 aliphatic rings. The van der Waals surface area contributed by atoms with E-state index < -0.39 is 0 Å². The first kappa shape index (κ1) is 15.1. The molecule has 5 heteroatoms. The Kier molecular flexibility index (Phi) is 4.45. The number of aryl methyl sites for hydroxylation is 1. The van der Waals surface area contributed by atoms with E-state index >= 15 is 0 Å². The number of aromatic nitrogens is 2. The van der Waals surface area contributed by atoms with Crippen LogP contribution in [0, 0.1) is 12.8 Å². The van der Waals surface area contributed by atoms with Crippen LogP contribution >= 0.6 is 0 Å². The SMILES string of the molecule is COc1cccc(CN2CC(O)C(Cc3cc(C)[nH]n3)C2)c1. The van der Waals surface area contributed by atoms with Gasteiger partial charge in [-0.05, 0) is 37.1 Å². The molecule has 0 radical (unpaired) electrons. The maximum absolute atomic E-state index is 10.3. The minimum absolute atomic E-state index is 0.244. The molecule has 1 aliphatic heterocycles. The quantitative estimate of drug-likeness (QED) is 0.883. The monoisotopic (exact) mass is 301 g/mol. The molecule has 5 nitrogen and oxygen atoms in total. The van der Waals surface area contributed by atoms with Gasteiger partial charge in [-0.2, -0.15) is 5.10 Å². The van der Waals surface area contributed by atoms with E-state index in [0.717, 1.165) is 36.6 Å². The van der Waals surface area contributed by atoms with Gasteiger partial charge in [0.05, 0.1) is 18.9 Å². The number of aromatic amines is 1. The van der Waals surface area contributed by atoms with Crippen LogP contribution in [0.25, 0.3) is 0 Å². The van der Waals surface area contributed by atoms with Gasteiger partial charge in [0.1, 0.15) is 5.75 Å². The van der Waals surface area contributed by atoms with Crippen LogP contribution in [0.2, 0.25) is 0 Å². The van der Waals surface area contributed by atoms with Crippen molar-refractivity contribution in [2.24, 2.45) is 5.92 Å². The van der Waals surface area contributed by atoms with Crippen LogP contribution in [0.1, 0.15) is 17.0 Å². The highest BCUT2D eigenvalue weighted by Crippen LogP contribution is 2.23. The molecule has 2 aromatic rings. The summed E-state index contributed by atoms with van der Waals surface area (Å²) >= 11 is 0. The number of methoxy groups -OCH3 is 1. The Morgan fingerprint density at radius 3 is 2.95 bits per heavy atom. The molecule has 2 atom stereocenters. The number of aliphatic hydroxyl groups excluding tert-OH is 1. The number of nitrogens with one attached hydrogen (secondary N) is 1. The zero-order valence-electron chi connectivity index (χ0n) is 13.1. The topological polar surface area (TPSA) is 61.4 Å². The first-order valence-electron chi connectivity index (χ1n) is 7.68. The molecule has 0 bridgehead atoms. The summed E-state index contributed by atoms with van der Waals surface area (Å²) < 4.78 is 5.26. The molecule has 0 spiro atoms. The van der Waals surface area contributed by atoms with E-state index in [2.05, 4.69) is 33.3 Å². The predicted molar refractivity (Wildman–Crippen MR) is 84.8 cm³/mol. The van der Waals surface area contributed by atoms with Crippen molar-refractivity contribution in [2.75, 3.05) is 20.2 Å².